The van der Waals surface area contributed by atoms with Crippen molar-refractivity contribution in [2.45, 2.75) is 6.92 Å². The highest BCUT2D eigenvalue weighted by Gasteiger charge is 1.87. The van der Waals surface area contributed by atoms with Crippen LogP contribution in [0.3, 0.4) is 0 Å². The van der Waals surface area contributed by atoms with E-state index in [0.717, 1.165) is 31.7 Å². The molecule has 1 aromatic carbocycles. The lowest BCUT2D eigenvalue weighted by molar-refractivity contribution is 0.471. The maximum absolute atomic E-state index is 8.92. The highest BCUT2D eigenvalue weighted by atomic mass is 16.3. The van der Waals surface area contributed by atoms with Crippen molar-refractivity contribution in [2.75, 3.05) is 39.3 Å². The van der Waals surface area contributed by atoms with Gasteiger partial charge in [0.2, 0.25) is 0 Å². The quantitative estimate of drug-likeness (QED) is 0.434. The summed E-state index contributed by atoms with van der Waals surface area (Å²) in [5, 5.41) is 15.3. The van der Waals surface area contributed by atoms with Crippen LogP contribution in [0.1, 0.15) is 5.56 Å². The first-order chi connectivity index (χ1) is 8.72. The Morgan fingerprint density at radius 3 is 1.78 bits per heavy atom. The minimum atomic E-state index is 0.368. The van der Waals surface area contributed by atoms with Crippen molar-refractivity contribution in [1.29, 1.82) is 0 Å². The van der Waals surface area contributed by atoms with Gasteiger partial charge in [0.15, 0.2) is 0 Å². The second kappa shape index (κ2) is 12.3. The number of aryl methyl sites for hydroxylation is 1. The van der Waals surface area contributed by atoms with Gasteiger partial charge in [-0.05, 0) is 18.6 Å². The van der Waals surface area contributed by atoms with Gasteiger partial charge in [0.05, 0.1) is 0 Å². The van der Waals surface area contributed by atoms with E-state index in [1.165, 1.54) is 0 Å². The third-order valence-electron chi connectivity index (χ3n) is 2.24. The monoisotopic (exact) mass is 254 g/mol. The molecule has 0 unspecified atom stereocenters. The number of phenols is 1. The number of hydrogen-bond acceptors (Lipinski definition) is 5. The van der Waals surface area contributed by atoms with Crippen LogP contribution >= 0.6 is 0 Å². The summed E-state index contributed by atoms with van der Waals surface area (Å²) < 4.78 is 0. The number of benzene rings is 1. The predicted molar refractivity (Wildman–Crippen MR) is 76.7 cm³/mol. The summed E-state index contributed by atoms with van der Waals surface area (Å²) in [6, 6.07) is 7.25. The highest BCUT2D eigenvalue weighted by Crippen LogP contribution is 2.12. The minimum Gasteiger partial charge on any atom is -0.508 e. The molecule has 18 heavy (non-hydrogen) atoms. The predicted octanol–water partition coefficient (Wildman–Crippen LogP) is -0.216. The first kappa shape index (κ1) is 16.9. The Kier molecular flexibility index (Phi) is 11.5. The Morgan fingerprint density at radius 2 is 1.44 bits per heavy atom. The number of para-hydroxylation sites is 1. The van der Waals surface area contributed by atoms with Gasteiger partial charge in [-0.2, -0.15) is 0 Å². The topological polar surface area (TPSA) is 96.3 Å². The summed E-state index contributed by atoms with van der Waals surface area (Å²) in [6.07, 6.45) is 0. The zero-order valence-corrected chi connectivity index (χ0v) is 11.2. The van der Waals surface area contributed by atoms with E-state index in [0.29, 0.717) is 18.8 Å². The lowest BCUT2D eigenvalue weighted by atomic mass is 10.2. The maximum atomic E-state index is 8.92. The van der Waals surface area contributed by atoms with Crippen molar-refractivity contribution in [1.82, 2.24) is 10.6 Å². The van der Waals surface area contributed by atoms with Gasteiger partial charge in [-0.25, -0.2) is 0 Å². The SMILES string of the molecule is Cc1ccccc1O.NCCNCCNCCN. The smallest absolute Gasteiger partial charge is 0.118 e. The average Bonchev–Trinajstić information content (AvgIpc) is 2.38. The van der Waals surface area contributed by atoms with Crippen LogP contribution in [0, 0.1) is 6.92 Å². The van der Waals surface area contributed by atoms with Gasteiger partial charge in [0.25, 0.3) is 0 Å². The normalized spacial score (nSPS) is 9.72. The van der Waals surface area contributed by atoms with E-state index in [1.54, 1.807) is 6.07 Å². The maximum Gasteiger partial charge on any atom is 0.118 e. The molecule has 0 saturated carbocycles. The standard InChI is InChI=1S/C7H8O.C6H18N4/c1-6-4-2-3-5-7(6)8;7-1-3-9-5-6-10-4-2-8/h2-5,8H,1H3;9-10H,1-8H2. The van der Waals surface area contributed by atoms with Crippen molar-refractivity contribution < 1.29 is 5.11 Å². The number of nitrogens with two attached hydrogens (primary N) is 2. The van der Waals surface area contributed by atoms with Crippen LogP contribution in [0.5, 0.6) is 5.75 Å². The largest absolute Gasteiger partial charge is 0.508 e. The summed E-state index contributed by atoms with van der Waals surface area (Å²) in [7, 11) is 0. The summed E-state index contributed by atoms with van der Waals surface area (Å²) >= 11 is 0. The zero-order valence-electron chi connectivity index (χ0n) is 11.2. The van der Waals surface area contributed by atoms with Crippen molar-refractivity contribution in [2.24, 2.45) is 11.5 Å². The van der Waals surface area contributed by atoms with Crippen LogP contribution in [0.4, 0.5) is 0 Å². The Labute approximate surface area is 110 Å². The van der Waals surface area contributed by atoms with Crippen LogP contribution in [-0.2, 0) is 0 Å². The van der Waals surface area contributed by atoms with E-state index in [-0.39, 0.29) is 0 Å². The summed E-state index contributed by atoms with van der Waals surface area (Å²) in [6.45, 7) is 7.01. The van der Waals surface area contributed by atoms with Gasteiger partial charge in [-0.1, -0.05) is 18.2 Å². The molecule has 0 atom stereocenters. The lowest BCUT2D eigenvalue weighted by Gasteiger charge is -2.03. The Hall–Kier alpha value is -1.14. The zero-order chi connectivity index (χ0) is 13.6. The molecule has 0 bridgehead atoms. The molecular formula is C13H26N4O. The molecule has 1 rings (SSSR count). The van der Waals surface area contributed by atoms with Crippen LogP contribution in [0.25, 0.3) is 0 Å². The summed E-state index contributed by atoms with van der Waals surface area (Å²) in [5.41, 5.74) is 11.5. The first-order valence-electron chi connectivity index (χ1n) is 6.28. The number of nitrogens with one attached hydrogen (secondary N) is 2. The third-order valence-corrected chi connectivity index (χ3v) is 2.24. The first-order valence-corrected chi connectivity index (χ1v) is 6.28. The fourth-order valence-corrected chi connectivity index (χ4v) is 1.19. The molecule has 0 aromatic heterocycles. The number of hydrogen-bond donors (Lipinski definition) is 5. The molecule has 5 nitrogen and oxygen atoms in total. The fraction of sp³-hybridized carbons (Fsp3) is 0.538. The molecule has 104 valence electrons. The van der Waals surface area contributed by atoms with Gasteiger partial charge < -0.3 is 27.2 Å². The van der Waals surface area contributed by atoms with Gasteiger partial charge in [0, 0.05) is 39.3 Å². The fourth-order valence-electron chi connectivity index (χ4n) is 1.19. The molecule has 0 fully saturated rings. The highest BCUT2D eigenvalue weighted by molar-refractivity contribution is 5.29. The Bertz CT molecular complexity index is 265. The second-order valence-corrected chi connectivity index (χ2v) is 3.86. The second-order valence-electron chi connectivity index (χ2n) is 3.86. The third kappa shape index (κ3) is 10.0. The van der Waals surface area contributed by atoms with Gasteiger partial charge in [-0.3, -0.25) is 0 Å². The molecule has 0 aliphatic carbocycles. The molecule has 0 aliphatic heterocycles. The average molecular weight is 254 g/mol. The van der Waals surface area contributed by atoms with E-state index in [4.69, 9.17) is 16.6 Å². The molecule has 5 heteroatoms. The van der Waals surface area contributed by atoms with Crippen LogP contribution in [-0.4, -0.2) is 44.4 Å². The van der Waals surface area contributed by atoms with Gasteiger partial charge in [0.1, 0.15) is 5.75 Å². The molecule has 0 heterocycles. The van der Waals surface area contributed by atoms with E-state index in [2.05, 4.69) is 10.6 Å². The molecule has 0 aliphatic rings. The number of aromatic hydroxyl groups is 1. The lowest BCUT2D eigenvalue weighted by Crippen LogP contribution is -2.32. The Morgan fingerprint density at radius 1 is 0.944 bits per heavy atom. The van der Waals surface area contributed by atoms with Crippen molar-refractivity contribution >= 4 is 0 Å². The molecular weight excluding hydrogens is 228 g/mol. The molecule has 0 radical (unpaired) electrons. The van der Waals surface area contributed by atoms with Crippen LogP contribution in [0.2, 0.25) is 0 Å². The minimum absolute atomic E-state index is 0.368. The molecule has 7 N–H and O–H groups in total. The molecule has 1 aromatic rings. The van der Waals surface area contributed by atoms with Crippen molar-refractivity contribution in [3.8, 4) is 5.75 Å². The van der Waals surface area contributed by atoms with Crippen molar-refractivity contribution in [3.63, 3.8) is 0 Å². The number of rotatable bonds is 7. The van der Waals surface area contributed by atoms with Crippen LogP contribution in [0.15, 0.2) is 24.3 Å². The van der Waals surface area contributed by atoms with Gasteiger partial charge >= 0.3 is 0 Å². The van der Waals surface area contributed by atoms with E-state index in [1.807, 2.05) is 25.1 Å². The van der Waals surface area contributed by atoms with Crippen LogP contribution < -0.4 is 22.1 Å². The Balaban J connectivity index is 0.000000327. The molecule has 0 spiro atoms. The van der Waals surface area contributed by atoms with E-state index >= 15 is 0 Å². The summed E-state index contributed by atoms with van der Waals surface area (Å²) in [4.78, 5) is 0. The molecule has 0 amide bonds. The van der Waals surface area contributed by atoms with E-state index in [9.17, 15) is 0 Å². The van der Waals surface area contributed by atoms with Crippen molar-refractivity contribution in [3.05, 3.63) is 29.8 Å². The van der Waals surface area contributed by atoms with Gasteiger partial charge in [-0.15, -0.1) is 0 Å². The number of phenolic OH excluding ortho intramolecular Hbond substituents is 1. The van der Waals surface area contributed by atoms with E-state index < -0.39 is 0 Å². The molecule has 0 saturated heterocycles. The summed E-state index contributed by atoms with van der Waals surface area (Å²) in [5.74, 6) is 0.368.